The molecule has 0 fully saturated rings. The van der Waals surface area contributed by atoms with E-state index in [0.717, 1.165) is 29.8 Å². The van der Waals surface area contributed by atoms with Crippen molar-refractivity contribution < 1.29 is 0 Å². The van der Waals surface area contributed by atoms with Crippen molar-refractivity contribution >= 4 is 22.8 Å². The third-order valence-corrected chi connectivity index (χ3v) is 2.57. The van der Waals surface area contributed by atoms with Gasteiger partial charge in [0.1, 0.15) is 5.52 Å². The molecule has 2 heterocycles. The molecule has 0 aromatic carbocycles. The Balaban J connectivity index is 2.47. The Morgan fingerprint density at radius 2 is 2.24 bits per heavy atom. The lowest BCUT2D eigenvalue weighted by molar-refractivity contribution is 0.857. The van der Waals surface area contributed by atoms with Crippen LogP contribution >= 0.6 is 0 Å². The van der Waals surface area contributed by atoms with Crippen molar-refractivity contribution in [1.82, 2.24) is 14.5 Å². The zero-order chi connectivity index (χ0) is 12.3. The number of allylic oxidation sites excluding steroid dienone is 2. The molecule has 0 aliphatic rings. The van der Waals surface area contributed by atoms with Crippen LogP contribution in [-0.4, -0.2) is 21.6 Å². The van der Waals surface area contributed by atoms with Crippen molar-refractivity contribution in [2.75, 3.05) is 18.1 Å². The number of hydrogen-bond acceptors (Lipinski definition) is 4. The molecule has 5 heteroatoms. The fraction of sp³-hybridized carbons (Fsp3) is 0.333. The van der Waals surface area contributed by atoms with E-state index in [2.05, 4.69) is 38.9 Å². The molecule has 0 unspecified atom stereocenters. The lowest BCUT2D eigenvalue weighted by Crippen LogP contribution is -2.03. The average molecular weight is 231 g/mol. The Labute approximate surface area is 100 Å². The highest BCUT2D eigenvalue weighted by Crippen LogP contribution is 2.22. The van der Waals surface area contributed by atoms with Gasteiger partial charge in [-0.25, -0.2) is 4.98 Å². The van der Waals surface area contributed by atoms with Crippen molar-refractivity contribution in [3.63, 3.8) is 0 Å². The number of nitrogens with one attached hydrogen (secondary N) is 1. The topological polar surface area (TPSA) is 68.8 Å². The molecule has 0 spiro atoms. The summed E-state index contributed by atoms with van der Waals surface area (Å²) in [7, 11) is 1.83. The first kappa shape index (κ1) is 11.4. The van der Waals surface area contributed by atoms with Gasteiger partial charge in [-0.1, -0.05) is 19.1 Å². The van der Waals surface area contributed by atoms with E-state index in [1.165, 1.54) is 0 Å². The highest BCUT2D eigenvalue weighted by molar-refractivity contribution is 5.87. The molecule has 0 aliphatic carbocycles. The van der Waals surface area contributed by atoms with E-state index in [0.29, 0.717) is 5.95 Å². The second-order valence-corrected chi connectivity index (χ2v) is 3.76. The fourth-order valence-electron chi connectivity index (χ4n) is 1.81. The van der Waals surface area contributed by atoms with E-state index in [1.54, 1.807) is 0 Å². The van der Waals surface area contributed by atoms with Crippen LogP contribution in [0.2, 0.25) is 0 Å². The molecule has 90 valence electrons. The van der Waals surface area contributed by atoms with Crippen LogP contribution in [0.25, 0.3) is 11.0 Å². The molecule has 3 N–H and O–H groups in total. The summed E-state index contributed by atoms with van der Waals surface area (Å²) < 4.78 is 2.10. The monoisotopic (exact) mass is 231 g/mol. The molecule has 0 saturated heterocycles. The molecule has 0 saturated carbocycles. The van der Waals surface area contributed by atoms with Gasteiger partial charge in [-0.3, -0.25) is 0 Å². The van der Waals surface area contributed by atoms with Crippen LogP contribution in [-0.2, 0) is 6.54 Å². The first-order valence-corrected chi connectivity index (χ1v) is 5.71. The van der Waals surface area contributed by atoms with E-state index in [1.807, 2.05) is 19.3 Å². The summed E-state index contributed by atoms with van der Waals surface area (Å²) >= 11 is 0. The van der Waals surface area contributed by atoms with E-state index < -0.39 is 0 Å². The van der Waals surface area contributed by atoms with Crippen LogP contribution in [0.4, 0.5) is 11.8 Å². The summed E-state index contributed by atoms with van der Waals surface area (Å²) in [4.78, 5) is 8.41. The molecule has 0 radical (unpaired) electrons. The van der Waals surface area contributed by atoms with Crippen LogP contribution in [0.15, 0.2) is 24.4 Å². The number of hydrogen-bond donors (Lipinski definition) is 2. The summed E-state index contributed by atoms with van der Waals surface area (Å²) in [6, 6.07) is 1.95. The Kier molecular flexibility index (Phi) is 3.27. The number of aromatic nitrogens is 3. The number of nitrogens with two attached hydrogens (primary N) is 1. The molecule has 0 bridgehead atoms. The largest absolute Gasteiger partial charge is 0.371 e. The van der Waals surface area contributed by atoms with Gasteiger partial charge in [0.05, 0.1) is 5.52 Å². The lowest BCUT2D eigenvalue weighted by Gasteiger charge is -2.06. The lowest BCUT2D eigenvalue weighted by atomic mass is 10.4. The number of fused-ring (bicyclic) bond motifs is 1. The molecule has 0 atom stereocenters. The van der Waals surface area contributed by atoms with Crippen LogP contribution in [0.3, 0.4) is 0 Å². The molecule has 17 heavy (non-hydrogen) atoms. The third-order valence-electron chi connectivity index (χ3n) is 2.57. The maximum Gasteiger partial charge on any atom is 0.222 e. The minimum Gasteiger partial charge on any atom is -0.371 e. The zero-order valence-corrected chi connectivity index (χ0v) is 10.1. The van der Waals surface area contributed by atoms with Gasteiger partial charge in [0.2, 0.25) is 5.95 Å². The Bertz CT molecular complexity index is 541. The van der Waals surface area contributed by atoms with Crippen LogP contribution in [0.1, 0.15) is 13.3 Å². The molecule has 5 nitrogen and oxygen atoms in total. The predicted octanol–water partition coefficient (Wildman–Crippen LogP) is 2.02. The normalized spacial score (nSPS) is 11.4. The molecule has 2 aromatic rings. The second kappa shape index (κ2) is 4.86. The van der Waals surface area contributed by atoms with Gasteiger partial charge < -0.3 is 15.6 Å². The minimum absolute atomic E-state index is 0.295. The van der Waals surface area contributed by atoms with Crippen molar-refractivity contribution in [2.45, 2.75) is 19.9 Å². The first-order valence-electron chi connectivity index (χ1n) is 5.71. The van der Waals surface area contributed by atoms with E-state index in [-0.39, 0.29) is 0 Å². The summed E-state index contributed by atoms with van der Waals surface area (Å²) in [5, 5.41) is 3.05. The van der Waals surface area contributed by atoms with E-state index in [4.69, 9.17) is 5.73 Å². The van der Waals surface area contributed by atoms with Crippen molar-refractivity contribution in [1.29, 1.82) is 0 Å². The summed E-state index contributed by atoms with van der Waals surface area (Å²) in [6.45, 7) is 2.94. The third kappa shape index (κ3) is 2.22. The molecule has 0 aliphatic heterocycles. The van der Waals surface area contributed by atoms with Crippen molar-refractivity contribution in [3.8, 4) is 0 Å². The van der Waals surface area contributed by atoms with Gasteiger partial charge in [-0.15, -0.1) is 0 Å². The van der Waals surface area contributed by atoms with Gasteiger partial charge in [0, 0.05) is 19.8 Å². The van der Waals surface area contributed by atoms with Crippen LogP contribution < -0.4 is 11.1 Å². The fourth-order valence-corrected chi connectivity index (χ4v) is 1.81. The summed E-state index contributed by atoms with van der Waals surface area (Å²) in [5.41, 5.74) is 7.50. The summed E-state index contributed by atoms with van der Waals surface area (Å²) in [6.07, 6.45) is 7.32. The molecule has 2 rings (SSSR count). The summed E-state index contributed by atoms with van der Waals surface area (Å²) in [5.74, 6) is 1.06. The highest BCUT2D eigenvalue weighted by Gasteiger charge is 2.08. The number of anilines is 2. The Hall–Kier alpha value is -2.04. The van der Waals surface area contributed by atoms with Crippen LogP contribution in [0.5, 0.6) is 0 Å². The standard InChI is InChI=1S/C12H17N5/c1-3-4-5-7-17-8-6-9-10(17)11(14-2)16-12(13)15-9/h4-6,8H,3,7H2,1-2H3,(H3,13,14,15,16)/b5-4+. The van der Waals surface area contributed by atoms with Gasteiger partial charge in [0.15, 0.2) is 5.82 Å². The average Bonchev–Trinajstić information content (AvgIpc) is 2.71. The smallest absolute Gasteiger partial charge is 0.222 e. The van der Waals surface area contributed by atoms with Gasteiger partial charge >= 0.3 is 0 Å². The molecular weight excluding hydrogens is 214 g/mol. The zero-order valence-electron chi connectivity index (χ0n) is 10.1. The van der Waals surface area contributed by atoms with Gasteiger partial charge in [-0.2, -0.15) is 4.98 Å². The van der Waals surface area contributed by atoms with E-state index >= 15 is 0 Å². The van der Waals surface area contributed by atoms with Gasteiger partial charge in [0.25, 0.3) is 0 Å². The SMILES string of the molecule is CC/C=C/Cn1ccc2nc(N)nc(NC)c21. The Morgan fingerprint density at radius 1 is 1.41 bits per heavy atom. The number of nitrogens with zero attached hydrogens (tertiary/aromatic N) is 3. The van der Waals surface area contributed by atoms with Crippen LogP contribution in [0, 0.1) is 0 Å². The van der Waals surface area contributed by atoms with Crippen molar-refractivity contribution in [3.05, 3.63) is 24.4 Å². The molecular formula is C12H17N5. The second-order valence-electron chi connectivity index (χ2n) is 3.76. The number of nitrogen functional groups attached to an aromatic ring is 1. The Morgan fingerprint density at radius 3 is 2.94 bits per heavy atom. The van der Waals surface area contributed by atoms with E-state index in [9.17, 15) is 0 Å². The van der Waals surface area contributed by atoms with Gasteiger partial charge in [-0.05, 0) is 12.5 Å². The number of rotatable bonds is 4. The predicted molar refractivity (Wildman–Crippen MR) is 70.9 cm³/mol. The quantitative estimate of drug-likeness (QED) is 0.790. The maximum absolute atomic E-state index is 5.65. The first-order chi connectivity index (χ1) is 8.26. The molecule has 0 amide bonds. The maximum atomic E-state index is 5.65. The van der Waals surface area contributed by atoms with Crippen molar-refractivity contribution in [2.24, 2.45) is 0 Å². The minimum atomic E-state index is 0.295. The highest BCUT2D eigenvalue weighted by atomic mass is 15.1. The molecule has 2 aromatic heterocycles.